The molecule has 0 unspecified atom stereocenters. The molecule has 1 aliphatic heterocycles. The molecule has 0 aliphatic carbocycles. The molecule has 5 aromatic rings. The standard InChI is InChI=1S/C29H30FN9/c30-24-4-1-3-21(15-24)18-39-27-6-5-26(16-23(27)17-34-39)36-29-28-22(7-14-38(28)35-20-33-29)19-37-12-8-25(9-13-37)32-11-2-10-31/h1,3-7,14-17,20,25,32H,2,8-9,11-13,18-19H2,(H,33,35,36). The summed E-state index contributed by atoms with van der Waals surface area (Å²) >= 11 is 0. The minimum absolute atomic E-state index is 0.245. The molecule has 2 aromatic carbocycles. The van der Waals surface area contributed by atoms with Crippen LogP contribution >= 0.6 is 0 Å². The molecule has 1 aliphatic rings. The lowest BCUT2D eigenvalue weighted by Gasteiger charge is -2.32. The highest BCUT2D eigenvalue weighted by Crippen LogP contribution is 2.27. The second-order valence-corrected chi connectivity index (χ2v) is 9.99. The van der Waals surface area contributed by atoms with E-state index < -0.39 is 0 Å². The van der Waals surface area contributed by atoms with E-state index in [1.165, 1.54) is 17.7 Å². The maximum Gasteiger partial charge on any atom is 0.158 e. The number of nitrogens with zero attached hydrogens (tertiary/aromatic N) is 7. The molecule has 0 amide bonds. The molecule has 4 heterocycles. The number of fused-ring (bicyclic) bond motifs is 2. The summed E-state index contributed by atoms with van der Waals surface area (Å²) in [7, 11) is 0. The van der Waals surface area contributed by atoms with Gasteiger partial charge in [-0.3, -0.25) is 9.58 Å². The number of anilines is 2. The topological polar surface area (TPSA) is 99.1 Å². The van der Waals surface area contributed by atoms with Crippen molar-refractivity contribution >= 4 is 27.9 Å². The van der Waals surface area contributed by atoms with Crippen LogP contribution in [0.5, 0.6) is 0 Å². The predicted octanol–water partition coefficient (Wildman–Crippen LogP) is 4.48. The third kappa shape index (κ3) is 5.60. The first-order valence-corrected chi connectivity index (χ1v) is 13.3. The fourth-order valence-corrected chi connectivity index (χ4v) is 5.34. The van der Waals surface area contributed by atoms with Crippen LogP contribution in [0.4, 0.5) is 15.9 Å². The number of hydrogen-bond donors (Lipinski definition) is 2. The average Bonchev–Trinajstić information content (AvgIpc) is 3.54. The Balaban J connectivity index is 1.17. The van der Waals surface area contributed by atoms with Gasteiger partial charge in [-0.2, -0.15) is 15.5 Å². The smallest absolute Gasteiger partial charge is 0.158 e. The van der Waals surface area contributed by atoms with Crippen LogP contribution in [-0.2, 0) is 13.1 Å². The lowest BCUT2D eigenvalue weighted by molar-refractivity contribution is 0.192. The van der Waals surface area contributed by atoms with Crippen molar-refractivity contribution in [3.8, 4) is 6.07 Å². The number of halogens is 1. The third-order valence-corrected chi connectivity index (χ3v) is 7.31. The van der Waals surface area contributed by atoms with Gasteiger partial charge in [0.15, 0.2) is 5.82 Å². The SMILES string of the molecule is N#CCCNC1CCN(Cc2ccn3ncnc(Nc4ccc5c(cnn5Cc5cccc(F)c5)c4)c23)CC1. The Morgan fingerprint density at radius 3 is 2.79 bits per heavy atom. The molecule has 1 saturated heterocycles. The summed E-state index contributed by atoms with van der Waals surface area (Å²) < 4.78 is 17.4. The Morgan fingerprint density at radius 2 is 1.95 bits per heavy atom. The van der Waals surface area contributed by atoms with Crippen LogP contribution in [0.3, 0.4) is 0 Å². The number of piperidine rings is 1. The Bertz CT molecular complexity index is 1630. The zero-order valence-corrected chi connectivity index (χ0v) is 21.6. The molecule has 0 atom stereocenters. The first-order chi connectivity index (χ1) is 19.2. The van der Waals surface area contributed by atoms with Crippen LogP contribution < -0.4 is 10.6 Å². The number of benzene rings is 2. The van der Waals surface area contributed by atoms with Crippen molar-refractivity contribution < 1.29 is 4.39 Å². The Labute approximate surface area is 225 Å². The van der Waals surface area contributed by atoms with E-state index in [4.69, 9.17) is 5.26 Å². The van der Waals surface area contributed by atoms with E-state index in [0.717, 1.165) is 72.5 Å². The van der Waals surface area contributed by atoms with E-state index in [-0.39, 0.29) is 5.82 Å². The van der Waals surface area contributed by atoms with Gasteiger partial charge in [0.2, 0.25) is 0 Å². The molecule has 0 radical (unpaired) electrons. The number of likely N-dealkylation sites (tertiary alicyclic amines) is 1. The lowest BCUT2D eigenvalue weighted by atomic mass is 10.0. The van der Waals surface area contributed by atoms with Crippen molar-refractivity contribution in [3.63, 3.8) is 0 Å². The van der Waals surface area contributed by atoms with Gasteiger partial charge >= 0.3 is 0 Å². The lowest BCUT2D eigenvalue weighted by Crippen LogP contribution is -2.42. The number of rotatable bonds is 9. The minimum atomic E-state index is -0.245. The summed E-state index contributed by atoms with van der Waals surface area (Å²) in [6, 6.07) is 17.5. The van der Waals surface area contributed by atoms with E-state index in [1.54, 1.807) is 12.4 Å². The molecule has 0 spiro atoms. The van der Waals surface area contributed by atoms with E-state index in [0.29, 0.717) is 19.0 Å². The van der Waals surface area contributed by atoms with Gasteiger partial charge in [0.05, 0.1) is 24.3 Å². The molecular weight excluding hydrogens is 493 g/mol. The van der Waals surface area contributed by atoms with Crippen LogP contribution in [0.1, 0.15) is 30.4 Å². The molecule has 0 saturated carbocycles. The summed E-state index contributed by atoms with van der Waals surface area (Å²) in [6.45, 7) is 4.11. The van der Waals surface area contributed by atoms with Gasteiger partial charge in [0, 0.05) is 42.8 Å². The van der Waals surface area contributed by atoms with Crippen molar-refractivity contribution in [2.45, 2.75) is 38.4 Å². The van der Waals surface area contributed by atoms with Crippen LogP contribution in [0.15, 0.2) is 67.3 Å². The normalized spacial score (nSPS) is 14.7. The highest BCUT2D eigenvalue weighted by molar-refractivity contribution is 5.85. The second kappa shape index (κ2) is 11.2. The molecule has 6 rings (SSSR count). The predicted molar refractivity (Wildman–Crippen MR) is 148 cm³/mol. The molecular formula is C29H30FN9. The zero-order valence-electron chi connectivity index (χ0n) is 21.6. The van der Waals surface area contributed by atoms with Gasteiger partial charge in [0.1, 0.15) is 17.7 Å². The molecule has 3 aromatic heterocycles. The van der Waals surface area contributed by atoms with Crippen LogP contribution in [0.25, 0.3) is 16.4 Å². The summed E-state index contributed by atoms with van der Waals surface area (Å²) in [6.07, 6.45) is 8.08. The van der Waals surface area contributed by atoms with Crippen LogP contribution in [-0.4, -0.2) is 55.0 Å². The molecule has 198 valence electrons. The monoisotopic (exact) mass is 523 g/mol. The molecule has 1 fully saturated rings. The largest absolute Gasteiger partial charge is 0.338 e. The first-order valence-electron chi connectivity index (χ1n) is 13.3. The van der Waals surface area contributed by atoms with Crippen molar-refractivity contribution in [2.75, 3.05) is 25.0 Å². The van der Waals surface area contributed by atoms with E-state index >= 15 is 0 Å². The van der Waals surface area contributed by atoms with Crippen molar-refractivity contribution in [1.29, 1.82) is 5.26 Å². The van der Waals surface area contributed by atoms with E-state index in [9.17, 15) is 4.39 Å². The van der Waals surface area contributed by atoms with Crippen LogP contribution in [0.2, 0.25) is 0 Å². The van der Waals surface area contributed by atoms with Gasteiger partial charge in [-0.05, 0) is 73.5 Å². The third-order valence-electron chi connectivity index (χ3n) is 7.31. The highest BCUT2D eigenvalue weighted by atomic mass is 19.1. The fraction of sp³-hybridized carbons (Fsp3) is 0.310. The van der Waals surface area contributed by atoms with Gasteiger partial charge in [-0.25, -0.2) is 13.9 Å². The summed E-state index contributed by atoms with van der Waals surface area (Å²) in [5.74, 6) is 0.509. The molecule has 2 N–H and O–H groups in total. The molecule has 0 bridgehead atoms. The van der Waals surface area contributed by atoms with Gasteiger partial charge in [-0.15, -0.1) is 0 Å². The summed E-state index contributed by atoms with van der Waals surface area (Å²) in [4.78, 5) is 7.04. The Kier molecular flexibility index (Phi) is 7.17. The van der Waals surface area contributed by atoms with Gasteiger partial charge in [0.25, 0.3) is 0 Å². The summed E-state index contributed by atoms with van der Waals surface area (Å²) in [5, 5.41) is 25.7. The Hall–Kier alpha value is -4.33. The number of nitrogens with one attached hydrogen (secondary N) is 2. The van der Waals surface area contributed by atoms with E-state index in [2.05, 4.69) is 48.9 Å². The van der Waals surface area contributed by atoms with Crippen LogP contribution in [0, 0.1) is 17.1 Å². The number of nitriles is 1. The first kappa shape index (κ1) is 25.0. The number of aromatic nitrogens is 5. The second-order valence-electron chi connectivity index (χ2n) is 9.99. The van der Waals surface area contributed by atoms with Gasteiger partial charge < -0.3 is 10.6 Å². The summed E-state index contributed by atoms with van der Waals surface area (Å²) in [5.41, 5.74) is 4.90. The minimum Gasteiger partial charge on any atom is -0.338 e. The Morgan fingerprint density at radius 1 is 1.05 bits per heavy atom. The molecule has 9 nitrogen and oxygen atoms in total. The number of hydrogen-bond acceptors (Lipinski definition) is 7. The van der Waals surface area contributed by atoms with E-state index in [1.807, 2.05) is 39.8 Å². The highest BCUT2D eigenvalue weighted by Gasteiger charge is 2.20. The zero-order chi connectivity index (χ0) is 26.6. The van der Waals surface area contributed by atoms with Crippen molar-refractivity contribution in [3.05, 3.63) is 84.2 Å². The fourth-order valence-electron chi connectivity index (χ4n) is 5.34. The quantitative estimate of drug-likeness (QED) is 0.275. The average molecular weight is 524 g/mol. The van der Waals surface area contributed by atoms with Gasteiger partial charge in [-0.1, -0.05) is 12.1 Å². The molecule has 10 heteroatoms. The molecule has 39 heavy (non-hydrogen) atoms. The maximum absolute atomic E-state index is 13.6. The van der Waals surface area contributed by atoms with Crippen molar-refractivity contribution in [2.24, 2.45) is 0 Å². The maximum atomic E-state index is 13.6. The van der Waals surface area contributed by atoms with Crippen molar-refractivity contribution in [1.82, 2.24) is 34.6 Å².